The molecule has 12 heavy (non-hydrogen) atoms. The summed E-state index contributed by atoms with van der Waals surface area (Å²) in [5, 5.41) is 0. The smallest absolute Gasteiger partial charge is 0.199 e. The Bertz CT molecular complexity index is 410. The Labute approximate surface area is 77.9 Å². The second-order valence-electron chi connectivity index (χ2n) is 2.42. The van der Waals surface area contributed by atoms with Gasteiger partial charge in [-0.2, -0.15) is 4.98 Å². The normalized spacial score (nSPS) is 10.8. The Morgan fingerprint density at radius 1 is 1.42 bits per heavy atom. The fraction of sp³-hybridized carbons (Fsp3) is 0.250. The van der Waals surface area contributed by atoms with Gasteiger partial charge in [0.15, 0.2) is 17.1 Å². The molecule has 0 aromatic carbocycles. The lowest BCUT2D eigenvalue weighted by atomic mass is 10.5. The highest BCUT2D eigenvalue weighted by molar-refractivity contribution is 9.10. The first-order valence-corrected chi connectivity index (χ1v) is 4.51. The third-order valence-electron chi connectivity index (χ3n) is 1.57. The van der Waals surface area contributed by atoms with Gasteiger partial charge < -0.3 is 4.42 Å². The van der Waals surface area contributed by atoms with E-state index in [0.29, 0.717) is 5.65 Å². The Balaban J connectivity index is 2.67. The number of fused-ring (bicyclic) bond motifs is 1. The summed E-state index contributed by atoms with van der Waals surface area (Å²) in [4.78, 5) is 8.34. The average Bonchev–Trinajstić information content (AvgIpc) is 2.46. The van der Waals surface area contributed by atoms with Crippen molar-refractivity contribution < 1.29 is 4.42 Å². The van der Waals surface area contributed by atoms with Crippen LogP contribution in [0.2, 0.25) is 0 Å². The minimum Gasteiger partial charge on any atom is -0.439 e. The summed E-state index contributed by atoms with van der Waals surface area (Å²) in [5.74, 6) is 0.732. The van der Waals surface area contributed by atoms with Crippen molar-refractivity contribution in [2.24, 2.45) is 0 Å². The van der Waals surface area contributed by atoms with Gasteiger partial charge in [-0.25, -0.2) is 4.98 Å². The molecule has 0 atom stereocenters. The van der Waals surface area contributed by atoms with E-state index in [1.807, 2.05) is 19.1 Å². The fourth-order valence-corrected chi connectivity index (χ4v) is 1.29. The van der Waals surface area contributed by atoms with E-state index in [1.165, 1.54) is 0 Å². The summed E-state index contributed by atoms with van der Waals surface area (Å²) in [7, 11) is 0. The summed E-state index contributed by atoms with van der Waals surface area (Å²) in [6.45, 7) is 2.00. The number of aryl methyl sites for hydroxylation is 1. The second-order valence-corrected chi connectivity index (χ2v) is 3.23. The van der Waals surface area contributed by atoms with Crippen LogP contribution < -0.4 is 0 Å². The average molecular weight is 227 g/mol. The molecule has 2 heterocycles. The molecule has 0 saturated heterocycles. The van der Waals surface area contributed by atoms with Gasteiger partial charge in [0.1, 0.15) is 4.60 Å². The molecule has 2 rings (SSSR count). The maximum absolute atomic E-state index is 5.38. The Hall–Kier alpha value is -0.900. The predicted molar refractivity (Wildman–Crippen MR) is 48.9 cm³/mol. The number of hydrogen-bond acceptors (Lipinski definition) is 3. The molecule has 62 valence electrons. The molecular weight excluding hydrogens is 220 g/mol. The number of rotatable bonds is 1. The molecule has 0 aliphatic rings. The summed E-state index contributed by atoms with van der Waals surface area (Å²) >= 11 is 3.27. The maximum Gasteiger partial charge on any atom is 0.199 e. The molecule has 2 aromatic rings. The van der Waals surface area contributed by atoms with E-state index in [-0.39, 0.29) is 0 Å². The lowest BCUT2D eigenvalue weighted by molar-refractivity contribution is 0.538. The molecule has 3 nitrogen and oxygen atoms in total. The molecule has 0 spiro atoms. The molecule has 0 aliphatic heterocycles. The van der Waals surface area contributed by atoms with Gasteiger partial charge >= 0.3 is 0 Å². The Morgan fingerprint density at radius 2 is 2.25 bits per heavy atom. The van der Waals surface area contributed by atoms with Crippen molar-refractivity contribution in [3.05, 3.63) is 22.6 Å². The number of pyridine rings is 1. The van der Waals surface area contributed by atoms with Gasteiger partial charge in [-0.3, -0.25) is 0 Å². The maximum atomic E-state index is 5.38. The zero-order valence-electron chi connectivity index (χ0n) is 6.54. The molecular formula is C8H7BrN2O. The van der Waals surface area contributed by atoms with E-state index < -0.39 is 0 Å². The van der Waals surface area contributed by atoms with Crippen LogP contribution in [-0.4, -0.2) is 9.97 Å². The predicted octanol–water partition coefficient (Wildman–Crippen LogP) is 2.55. The summed E-state index contributed by atoms with van der Waals surface area (Å²) < 4.78 is 6.16. The van der Waals surface area contributed by atoms with Crippen LogP contribution in [0, 0.1) is 0 Å². The van der Waals surface area contributed by atoms with Crippen molar-refractivity contribution in [2.75, 3.05) is 0 Å². The SMILES string of the molecule is CCc1nc2nc(Br)ccc2o1. The molecule has 4 heteroatoms. The number of aromatic nitrogens is 2. The van der Waals surface area contributed by atoms with E-state index in [4.69, 9.17) is 4.42 Å². The fourth-order valence-electron chi connectivity index (χ4n) is 0.991. The quantitative estimate of drug-likeness (QED) is 0.702. The minimum atomic E-state index is 0.668. The van der Waals surface area contributed by atoms with Gasteiger partial charge in [0.2, 0.25) is 0 Å². The third kappa shape index (κ3) is 1.22. The highest BCUT2D eigenvalue weighted by atomic mass is 79.9. The van der Waals surface area contributed by atoms with Crippen molar-refractivity contribution in [2.45, 2.75) is 13.3 Å². The van der Waals surface area contributed by atoms with Gasteiger partial charge in [-0.1, -0.05) is 6.92 Å². The third-order valence-corrected chi connectivity index (χ3v) is 2.01. The van der Waals surface area contributed by atoms with E-state index in [0.717, 1.165) is 22.5 Å². The van der Waals surface area contributed by atoms with Gasteiger partial charge in [-0.15, -0.1) is 0 Å². The summed E-state index contributed by atoms with van der Waals surface area (Å²) in [6, 6.07) is 3.70. The van der Waals surface area contributed by atoms with Crippen LogP contribution in [-0.2, 0) is 6.42 Å². The Morgan fingerprint density at radius 3 is 3.00 bits per heavy atom. The standard InChI is InChI=1S/C8H7BrN2O/c1-2-7-11-8-5(12-7)3-4-6(9)10-8/h3-4H,2H2,1H3. The van der Waals surface area contributed by atoms with Crippen molar-refractivity contribution in [1.82, 2.24) is 9.97 Å². The molecule has 0 saturated carbocycles. The first-order valence-electron chi connectivity index (χ1n) is 3.71. The molecule has 0 amide bonds. The topological polar surface area (TPSA) is 38.9 Å². The van der Waals surface area contributed by atoms with Crippen molar-refractivity contribution in [3.63, 3.8) is 0 Å². The minimum absolute atomic E-state index is 0.668. The first-order chi connectivity index (χ1) is 5.79. The van der Waals surface area contributed by atoms with Crippen LogP contribution in [0.3, 0.4) is 0 Å². The first kappa shape index (κ1) is 7.73. The Kier molecular flexibility index (Phi) is 1.84. The molecule has 0 unspecified atom stereocenters. The highest BCUT2D eigenvalue weighted by Crippen LogP contribution is 2.16. The van der Waals surface area contributed by atoms with Crippen LogP contribution in [0.15, 0.2) is 21.2 Å². The summed E-state index contributed by atoms with van der Waals surface area (Å²) in [6.07, 6.45) is 0.800. The van der Waals surface area contributed by atoms with E-state index in [1.54, 1.807) is 0 Å². The van der Waals surface area contributed by atoms with Crippen molar-refractivity contribution >= 4 is 27.2 Å². The molecule has 0 fully saturated rings. The van der Waals surface area contributed by atoms with E-state index >= 15 is 0 Å². The number of halogens is 1. The van der Waals surface area contributed by atoms with Crippen LogP contribution in [0.25, 0.3) is 11.2 Å². The molecule has 2 aromatic heterocycles. The monoisotopic (exact) mass is 226 g/mol. The van der Waals surface area contributed by atoms with Gasteiger partial charge in [0, 0.05) is 6.42 Å². The highest BCUT2D eigenvalue weighted by Gasteiger charge is 2.04. The van der Waals surface area contributed by atoms with E-state index in [2.05, 4.69) is 25.9 Å². The van der Waals surface area contributed by atoms with Crippen LogP contribution in [0.1, 0.15) is 12.8 Å². The number of oxazole rings is 1. The van der Waals surface area contributed by atoms with Crippen molar-refractivity contribution in [3.8, 4) is 0 Å². The second kappa shape index (κ2) is 2.86. The number of nitrogens with zero attached hydrogens (tertiary/aromatic N) is 2. The van der Waals surface area contributed by atoms with Crippen LogP contribution >= 0.6 is 15.9 Å². The summed E-state index contributed by atoms with van der Waals surface area (Å²) in [5.41, 5.74) is 1.41. The zero-order chi connectivity index (χ0) is 8.55. The van der Waals surface area contributed by atoms with Crippen LogP contribution in [0.5, 0.6) is 0 Å². The number of hydrogen-bond donors (Lipinski definition) is 0. The molecule has 0 bridgehead atoms. The van der Waals surface area contributed by atoms with Crippen molar-refractivity contribution in [1.29, 1.82) is 0 Å². The lowest BCUT2D eigenvalue weighted by Crippen LogP contribution is -1.78. The van der Waals surface area contributed by atoms with Gasteiger partial charge in [-0.05, 0) is 28.1 Å². The largest absolute Gasteiger partial charge is 0.439 e. The molecule has 0 N–H and O–H groups in total. The van der Waals surface area contributed by atoms with E-state index in [9.17, 15) is 0 Å². The van der Waals surface area contributed by atoms with Crippen LogP contribution in [0.4, 0.5) is 0 Å². The lowest BCUT2D eigenvalue weighted by Gasteiger charge is -1.85. The zero-order valence-corrected chi connectivity index (χ0v) is 8.13. The molecule has 0 aliphatic carbocycles. The molecule has 0 radical (unpaired) electrons. The van der Waals surface area contributed by atoms with Gasteiger partial charge in [0.25, 0.3) is 0 Å². The van der Waals surface area contributed by atoms with Gasteiger partial charge in [0.05, 0.1) is 0 Å².